The number of carboxylic acids is 1. The summed E-state index contributed by atoms with van der Waals surface area (Å²) in [5.41, 5.74) is 6.83. The van der Waals surface area contributed by atoms with E-state index in [1.165, 1.54) is 13.0 Å². The molecule has 3 saturated carbocycles. The molecule has 0 aromatic heterocycles. The number of rotatable bonds is 5. The molecule has 2 bridgehead atoms. The van der Waals surface area contributed by atoms with Gasteiger partial charge in [-0.3, -0.25) is 9.59 Å². The fourth-order valence-electron chi connectivity index (χ4n) is 16.3. The summed E-state index contributed by atoms with van der Waals surface area (Å²) in [7, 11) is 0. The van der Waals surface area contributed by atoms with E-state index in [0.29, 0.717) is 48.0 Å². The van der Waals surface area contributed by atoms with E-state index in [4.69, 9.17) is 11.5 Å². The smallest absolute Gasteiger partial charge is 0.331 e. The Bertz CT molecular complexity index is 2500. The van der Waals surface area contributed by atoms with Crippen molar-refractivity contribution < 1.29 is 34.8 Å². The van der Waals surface area contributed by atoms with E-state index in [1.54, 1.807) is 0 Å². The van der Waals surface area contributed by atoms with Gasteiger partial charge in [-0.2, -0.15) is 0 Å². The van der Waals surface area contributed by atoms with Gasteiger partial charge in [0.05, 0.1) is 6.04 Å². The summed E-state index contributed by atoms with van der Waals surface area (Å²) in [5, 5.41) is 52.3. The Labute approximate surface area is 351 Å². The van der Waals surface area contributed by atoms with Crippen LogP contribution in [0.3, 0.4) is 0 Å². The van der Waals surface area contributed by atoms with Gasteiger partial charge < -0.3 is 31.9 Å². The molecule has 10 heteroatoms. The van der Waals surface area contributed by atoms with E-state index in [-0.39, 0.29) is 29.5 Å². The third kappa shape index (κ3) is 4.08. The van der Waals surface area contributed by atoms with Gasteiger partial charge in [0.15, 0.2) is 11.7 Å². The van der Waals surface area contributed by atoms with Crippen molar-refractivity contribution in [3.8, 4) is 0 Å². The Balaban J connectivity index is 1.34. The molecule has 0 aliphatic heterocycles. The first-order chi connectivity index (χ1) is 28.0. The Kier molecular flexibility index (Phi) is 7.66. The standard InChI is InChI=1S/C50H57N3O7/c1-25(41(56)57)22-48(58)30-16-14-28-21-29-23-49(59)31(15-13-27-11-9-8-10-12-27)38-43(3,4)34(55)18-19-44(38,5)37-33(54)24-45(6)46(7,40(37)49)50(29,60)39(35(28)30)47(45)20-17-32(53-42(51)52)36(48)26(47)2/h8-13,15-17,20,22-23,26,31-32,36,38-39,58-60H,14,18-19,21,24H2,1-7H3,(H,56,57)(H4,51,52,53). The highest BCUT2D eigenvalue weighted by molar-refractivity contribution is 6.02. The number of carboxylic acid groups (broad SMARTS) is 1. The molecule has 13 atom stereocenters. The molecule has 9 aliphatic carbocycles. The van der Waals surface area contributed by atoms with Crippen LogP contribution in [0, 0.1) is 56.7 Å². The predicted molar refractivity (Wildman–Crippen MR) is 227 cm³/mol. The fourth-order valence-corrected chi connectivity index (χ4v) is 16.3. The van der Waals surface area contributed by atoms with Crippen LogP contribution >= 0.6 is 0 Å². The molecule has 0 amide bonds. The minimum Gasteiger partial charge on any atom is -0.478 e. The van der Waals surface area contributed by atoms with Gasteiger partial charge >= 0.3 is 5.97 Å². The van der Waals surface area contributed by atoms with Crippen molar-refractivity contribution >= 4 is 29.6 Å². The van der Waals surface area contributed by atoms with Gasteiger partial charge in [-0.1, -0.05) is 108 Å². The molecule has 1 aromatic rings. The molecule has 0 saturated heterocycles. The van der Waals surface area contributed by atoms with Gasteiger partial charge in [-0.25, -0.2) is 9.79 Å². The number of hydrogen-bond donors (Lipinski definition) is 6. The summed E-state index contributed by atoms with van der Waals surface area (Å²) in [4.78, 5) is 47.0. The second-order valence-corrected chi connectivity index (χ2v) is 21.0. The number of aliphatic imine (C=N–C) groups is 1. The zero-order valence-corrected chi connectivity index (χ0v) is 35.5. The lowest BCUT2D eigenvalue weighted by Gasteiger charge is -2.69. The van der Waals surface area contributed by atoms with Crippen LogP contribution in [0.1, 0.15) is 86.1 Å². The highest BCUT2D eigenvalue weighted by Crippen LogP contribution is 2.88. The average Bonchev–Trinajstić information content (AvgIpc) is 3.63. The number of ketones is 2. The number of carbonyl (C=O) groups is 3. The monoisotopic (exact) mass is 811 g/mol. The first-order valence-corrected chi connectivity index (χ1v) is 21.6. The number of Topliss-reactive ketones (excluding diaryl/α,β-unsaturated/α-hetero) is 2. The summed E-state index contributed by atoms with van der Waals surface area (Å²) >= 11 is 0. The molecule has 9 aliphatic rings. The number of aliphatic carboxylic acids is 1. The number of carbonyl (C=O) groups excluding carboxylic acids is 2. The van der Waals surface area contributed by atoms with Crippen LogP contribution in [0.4, 0.5) is 0 Å². The molecule has 1 spiro atoms. The number of guanidine groups is 1. The maximum Gasteiger partial charge on any atom is 0.331 e. The minimum absolute atomic E-state index is 0.0382. The zero-order valence-electron chi connectivity index (χ0n) is 35.5. The number of fused-ring (bicyclic) bond motifs is 3. The van der Waals surface area contributed by atoms with Crippen molar-refractivity contribution in [1.29, 1.82) is 0 Å². The molecular weight excluding hydrogens is 755 g/mol. The van der Waals surface area contributed by atoms with Crippen LogP contribution in [-0.4, -0.2) is 66.8 Å². The second kappa shape index (κ2) is 11.6. The van der Waals surface area contributed by atoms with Crippen LogP contribution in [0.5, 0.6) is 0 Å². The maximum atomic E-state index is 15.8. The first-order valence-electron chi connectivity index (χ1n) is 21.6. The van der Waals surface area contributed by atoms with Crippen molar-refractivity contribution in [3.05, 3.63) is 111 Å². The number of hydrogen-bond acceptors (Lipinski definition) is 7. The Hall–Kier alpha value is -4.64. The minimum atomic E-state index is -1.87. The van der Waals surface area contributed by atoms with E-state index < -0.39 is 85.5 Å². The van der Waals surface area contributed by atoms with Crippen LogP contribution in [0.25, 0.3) is 6.08 Å². The Morgan fingerprint density at radius 3 is 2.38 bits per heavy atom. The predicted octanol–water partition coefficient (Wildman–Crippen LogP) is 5.91. The van der Waals surface area contributed by atoms with E-state index in [1.807, 2.05) is 75.4 Å². The number of nitrogens with zero attached hydrogens (tertiary/aromatic N) is 1. The number of aliphatic hydroxyl groups is 3. The first kappa shape index (κ1) is 39.5. The zero-order chi connectivity index (χ0) is 43.1. The lowest BCUT2D eigenvalue weighted by molar-refractivity contribution is -0.166. The summed E-state index contributed by atoms with van der Waals surface area (Å²) in [6.45, 7) is 13.7. The molecule has 3 fully saturated rings. The molecule has 10 nitrogen and oxygen atoms in total. The quantitative estimate of drug-likeness (QED) is 0.0907. The highest BCUT2D eigenvalue weighted by atomic mass is 16.4. The summed E-state index contributed by atoms with van der Waals surface area (Å²) in [6.07, 6.45) is 14.9. The molecule has 13 unspecified atom stereocenters. The van der Waals surface area contributed by atoms with Crippen molar-refractivity contribution in [3.63, 3.8) is 0 Å². The maximum absolute atomic E-state index is 15.8. The normalized spacial score (nSPS) is 46.5. The number of benzene rings is 1. The van der Waals surface area contributed by atoms with Crippen molar-refractivity contribution in [2.75, 3.05) is 0 Å². The Morgan fingerprint density at radius 2 is 1.72 bits per heavy atom. The molecule has 1 aromatic carbocycles. The van der Waals surface area contributed by atoms with Gasteiger partial charge in [0.2, 0.25) is 0 Å². The van der Waals surface area contributed by atoms with Crippen molar-refractivity contribution in [1.82, 2.24) is 0 Å². The Morgan fingerprint density at radius 1 is 1.02 bits per heavy atom. The topological polar surface area (TPSA) is 197 Å². The van der Waals surface area contributed by atoms with E-state index in [9.17, 15) is 30.0 Å². The van der Waals surface area contributed by atoms with Gasteiger partial charge in [-0.05, 0) is 83.4 Å². The number of nitrogens with two attached hydrogens (primary N) is 2. The average molecular weight is 812 g/mol. The van der Waals surface area contributed by atoms with Crippen molar-refractivity contribution in [2.45, 2.75) is 103 Å². The molecule has 60 heavy (non-hydrogen) atoms. The largest absolute Gasteiger partial charge is 0.478 e. The van der Waals surface area contributed by atoms with Gasteiger partial charge in [-0.15, -0.1) is 0 Å². The van der Waals surface area contributed by atoms with Crippen LogP contribution in [0.15, 0.2) is 111 Å². The molecule has 10 rings (SSSR count). The summed E-state index contributed by atoms with van der Waals surface area (Å²) in [6, 6.07) is 9.12. The van der Waals surface area contributed by atoms with Gasteiger partial charge in [0.25, 0.3) is 0 Å². The molecular formula is C50H57N3O7. The van der Waals surface area contributed by atoms with Gasteiger partial charge in [0, 0.05) is 63.4 Å². The third-order valence-corrected chi connectivity index (χ3v) is 18.5. The van der Waals surface area contributed by atoms with E-state index in [2.05, 4.69) is 37.9 Å². The lowest BCUT2D eigenvalue weighted by Crippen LogP contribution is -2.71. The SMILES string of the molecule is CC(=CC1(O)C2=CCC3=C2C2C4(O)C(=CC5(O)C6=C(C(=O)CC(C)(C27C=CC(N=C(N)N)C1C7C)C64C)C1(C)CCC(=O)C(C)(C)C1C5C=Cc1ccccc1)C3)C(=O)O. The third-order valence-electron chi connectivity index (χ3n) is 18.5. The highest BCUT2D eigenvalue weighted by Gasteiger charge is 2.88. The number of allylic oxidation sites excluding steroid dienone is 4. The van der Waals surface area contributed by atoms with Crippen LogP contribution < -0.4 is 11.5 Å². The summed E-state index contributed by atoms with van der Waals surface area (Å²) < 4.78 is 0. The fraction of sp³-hybridized carbons (Fsp3) is 0.520. The van der Waals surface area contributed by atoms with E-state index in [0.717, 1.165) is 16.7 Å². The van der Waals surface area contributed by atoms with E-state index >= 15 is 4.79 Å². The molecule has 0 radical (unpaired) electrons. The second-order valence-electron chi connectivity index (χ2n) is 21.0. The molecule has 314 valence electrons. The molecule has 0 heterocycles. The van der Waals surface area contributed by atoms with Crippen molar-refractivity contribution in [2.24, 2.45) is 73.1 Å². The van der Waals surface area contributed by atoms with Gasteiger partial charge in [0.1, 0.15) is 22.6 Å². The summed E-state index contributed by atoms with van der Waals surface area (Å²) in [5.74, 6) is -4.49. The van der Waals surface area contributed by atoms with Crippen LogP contribution in [0.2, 0.25) is 0 Å². The lowest BCUT2D eigenvalue weighted by atomic mass is 9.34. The molecule has 8 N–H and O–H groups in total. The van der Waals surface area contributed by atoms with Crippen LogP contribution in [-0.2, 0) is 14.4 Å².